The summed E-state index contributed by atoms with van der Waals surface area (Å²) >= 11 is 0. The standard InChI is InChI=1S/C16H19FN2O2/c1-11-5-4-8-16(9-11)14(20)18-15(21)19(16)10-12-6-2-3-7-13(12)17/h2-3,6-7,11H,4-5,8-10H2,1H3,(H,18,20,21). The van der Waals surface area contributed by atoms with Crippen LogP contribution in [0.4, 0.5) is 9.18 Å². The van der Waals surface area contributed by atoms with Gasteiger partial charge in [-0.25, -0.2) is 9.18 Å². The van der Waals surface area contributed by atoms with Crippen LogP contribution in [-0.2, 0) is 11.3 Å². The molecule has 0 aromatic heterocycles. The molecule has 0 radical (unpaired) electrons. The van der Waals surface area contributed by atoms with E-state index in [-0.39, 0.29) is 18.3 Å². The topological polar surface area (TPSA) is 49.4 Å². The Morgan fingerprint density at radius 1 is 1.38 bits per heavy atom. The second kappa shape index (κ2) is 5.13. The Kier molecular flexibility index (Phi) is 3.43. The number of carbonyl (C=O) groups excluding carboxylic acids is 2. The summed E-state index contributed by atoms with van der Waals surface area (Å²) in [5, 5.41) is 2.41. The molecule has 2 aliphatic rings. The second-order valence-corrected chi connectivity index (χ2v) is 6.17. The van der Waals surface area contributed by atoms with Crippen LogP contribution in [-0.4, -0.2) is 22.4 Å². The maximum absolute atomic E-state index is 13.9. The highest BCUT2D eigenvalue weighted by Gasteiger charge is 2.54. The maximum atomic E-state index is 13.9. The highest BCUT2D eigenvalue weighted by molar-refractivity contribution is 6.07. The van der Waals surface area contributed by atoms with Crippen LogP contribution in [0, 0.1) is 11.7 Å². The van der Waals surface area contributed by atoms with Gasteiger partial charge < -0.3 is 4.90 Å². The van der Waals surface area contributed by atoms with Crippen molar-refractivity contribution in [3.05, 3.63) is 35.6 Å². The van der Waals surface area contributed by atoms with Crippen LogP contribution in [0.15, 0.2) is 24.3 Å². The number of carbonyl (C=O) groups is 2. The summed E-state index contributed by atoms with van der Waals surface area (Å²) in [5.74, 6) is -0.183. The predicted molar refractivity (Wildman–Crippen MR) is 75.8 cm³/mol. The second-order valence-electron chi connectivity index (χ2n) is 6.17. The van der Waals surface area contributed by atoms with Gasteiger partial charge in [-0.2, -0.15) is 0 Å². The van der Waals surface area contributed by atoms with Gasteiger partial charge in [-0.05, 0) is 24.8 Å². The Balaban J connectivity index is 1.93. The summed E-state index contributed by atoms with van der Waals surface area (Å²) in [6.07, 6.45) is 3.29. The highest BCUT2D eigenvalue weighted by atomic mass is 19.1. The first-order valence-electron chi connectivity index (χ1n) is 7.39. The van der Waals surface area contributed by atoms with Gasteiger partial charge >= 0.3 is 6.03 Å². The third-order valence-corrected chi connectivity index (χ3v) is 4.66. The Morgan fingerprint density at radius 2 is 2.14 bits per heavy atom. The molecule has 1 aromatic carbocycles. The number of rotatable bonds is 2. The molecule has 2 atom stereocenters. The van der Waals surface area contributed by atoms with Gasteiger partial charge in [0.05, 0.1) is 6.54 Å². The van der Waals surface area contributed by atoms with E-state index < -0.39 is 11.6 Å². The Bertz CT molecular complexity index is 589. The number of benzene rings is 1. The number of urea groups is 1. The summed E-state index contributed by atoms with van der Waals surface area (Å²) in [4.78, 5) is 26.0. The van der Waals surface area contributed by atoms with E-state index in [0.717, 1.165) is 12.8 Å². The largest absolute Gasteiger partial charge is 0.325 e. The molecule has 2 unspecified atom stereocenters. The maximum Gasteiger partial charge on any atom is 0.325 e. The Hall–Kier alpha value is -1.91. The zero-order chi connectivity index (χ0) is 15.0. The average molecular weight is 290 g/mol. The summed E-state index contributed by atoms with van der Waals surface area (Å²) in [6, 6.07) is 5.99. The molecule has 1 aliphatic heterocycles. The van der Waals surface area contributed by atoms with Crippen LogP contribution in [0.5, 0.6) is 0 Å². The lowest BCUT2D eigenvalue weighted by Gasteiger charge is -2.40. The summed E-state index contributed by atoms with van der Waals surface area (Å²) in [5.41, 5.74) is -0.350. The lowest BCUT2D eigenvalue weighted by Crippen LogP contribution is -2.52. The van der Waals surface area contributed by atoms with Crippen molar-refractivity contribution in [3.8, 4) is 0 Å². The fraction of sp³-hybridized carbons (Fsp3) is 0.500. The average Bonchev–Trinajstić information content (AvgIpc) is 2.65. The van der Waals surface area contributed by atoms with E-state index >= 15 is 0 Å². The molecular formula is C16H19FN2O2. The molecule has 3 amide bonds. The molecule has 1 aromatic rings. The van der Waals surface area contributed by atoms with Crippen molar-refractivity contribution in [1.29, 1.82) is 0 Å². The molecule has 1 saturated carbocycles. The molecule has 3 rings (SSSR count). The van der Waals surface area contributed by atoms with E-state index in [1.54, 1.807) is 18.2 Å². The minimum Gasteiger partial charge on any atom is -0.305 e. The lowest BCUT2D eigenvalue weighted by molar-refractivity contribution is -0.129. The molecule has 1 N–H and O–H groups in total. The smallest absolute Gasteiger partial charge is 0.305 e. The zero-order valence-corrected chi connectivity index (χ0v) is 12.1. The number of halogens is 1. The number of amides is 3. The Labute approximate surface area is 123 Å². The van der Waals surface area contributed by atoms with E-state index in [2.05, 4.69) is 12.2 Å². The normalized spacial score (nSPS) is 29.0. The van der Waals surface area contributed by atoms with Crippen molar-refractivity contribution in [2.45, 2.75) is 44.7 Å². The van der Waals surface area contributed by atoms with Crippen LogP contribution in [0.2, 0.25) is 0 Å². The molecule has 2 fully saturated rings. The van der Waals surface area contributed by atoms with E-state index in [0.29, 0.717) is 24.3 Å². The zero-order valence-electron chi connectivity index (χ0n) is 12.1. The number of hydrogen-bond acceptors (Lipinski definition) is 2. The lowest BCUT2D eigenvalue weighted by atomic mass is 9.75. The number of nitrogens with one attached hydrogen (secondary N) is 1. The molecule has 1 spiro atoms. The van der Waals surface area contributed by atoms with Gasteiger partial charge in [-0.15, -0.1) is 0 Å². The number of nitrogens with zero attached hydrogens (tertiary/aromatic N) is 1. The minimum absolute atomic E-state index is 0.136. The third kappa shape index (κ3) is 2.30. The van der Waals surface area contributed by atoms with Crippen molar-refractivity contribution >= 4 is 11.9 Å². The van der Waals surface area contributed by atoms with E-state index in [1.807, 2.05) is 0 Å². The molecule has 1 heterocycles. The van der Waals surface area contributed by atoms with Crippen LogP contribution in [0.25, 0.3) is 0 Å². The van der Waals surface area contributed by atoms with Crippen LogP contribution in [0.1, 0.15) is 38.2 Å². The van der Waals surface area contributed by atoms with Crippen LogP contribution < -0.4 is 5.32 Å². The van der Waals surface area contributed by atoms with Crippen LogP contribution >= 0.6 is 0 Å². The fourth-order valence-corrected chi connectivity index (χ4v) is 3.59. The van der Waals surface area contributed by atoms with Crippen molar-refractivity contribution in [3.63, 3.8) is 0 Å². The van der Waals surface area contributed by atoms with Gasteiger partial charge in [0.15, 0.2) is 0 Å². The molecule has 1 aliphatic carbocycles. The van der Waals surface area contributed by atoms with Crippen molar-refractivity contribution < 1.29 is 14.0 Å². The summed E-state index contributed by atoms with van der Waals surface area (Å²) in [7, 11) is 0. The van der Waals surface area contributed by atoms with Gasteiger partial charge in [-0.1, -0.05) is 38.0 Å². The third-order valence-electron chi connectivity index (χ3n) is 4.66. The van der Waals surface area contributed by atoms with Crippen molar-refractivity contribution in [1.82, 2.24) is 10.2 Å². The van der Waals surface area contributed by atoms with Gasteiger partial charge in [-0.3, -0.25) is 10.1 Å². The summed E-state index contributed by atoms with van der Waals surface area (Å²) < 4.78 is 13.9. The van der Waals surface area contributed by atoms with E-state index in [1.165, 1.54) is 11.0 Å². The monoisotopic (exact) mass is 290 g/mol. The molecule has 21 heavy (non-hydrogen) atoms. The number of hydrogen-bond donors (Lipinski definition) is 1. The van der Waals surface area contributed by atoms with Gasteiger partial charge in [0.2, 0.25) is 0 Å². The van der Waals surface area contributed by atoms with Crippen molar-refractivity contribution in [2.75, 3.05) is 0 Å². The molecule has 112 valence electrons. The first-order chi connectivity index (χ1) is 10.0. The van der Waals surface area contributed by atoms with Crippen molar-refractivity contribution in [2.24, 2.45) is 5.92 Å². The highest BCUT2D eigenvalue weighted by Crippen LogP contribution is 2.40. The van der Waals surface area contributed by atoms with Gasteiger partial charge in [0, 0.05) is 5.56 Å². The molecule has 5 heteroatoms. The van der Waals surface area contributed by atoms with Crippen LogP contribution in [0.3, 0.4) is 0 Å². The number of imide groups is 1. The molecule has 1 saturated heterocycles. The first-order valence-corrected chi connectivity index (χ1v) is 7.39. The fourth-order valence-electron chi connectivity index (χ4n) is 3.59. The first kappa shape index (κ1) is 14.0. The quantitative estimate of drug-likeness (QED) is 0.851. The van der Waals surface area contributed by atoms with E-state index in [4.69, 9.17) is 0 Å². The minimum atomic E-state index is -0.795. The van der Waals surface area contributed by atoms with E-state index in [9.17, 15) is 14.0 Å². The van der Waals surface area contributed by atoms with Gasteiger partial charge in [0.25, 0.3) is 5.91 Å². The predicted octanol–water partition coefficient (Wildman–Crippen LogP) is 2.83. The molecular weight excluding hydrogens is 271 g/mol. The molecule has 0 bridgehead atoms. The SMILES string of the molecule is CC1CCCC2(C1)C(=O)NC(=O)N2Cc1ccccc1F. The van der Waals surface area contributed by atoms with Gasteiger partial charge in [0.1, 0.15) is 11.4 Å². The molecule has 4 nitrogen and oxygen atoms in total. The summed E-state index contributed by atoms with van der Waals surface area (Å²) in [6.45, 7) is 2.23. The Morgan fingerprint density at radius 3 is 2.86 bits per heavy atom.